The van der Waals surface area contributed by atoms with E-state index in [9.17, 15) is 5.26 Å². The maximum atomic E-state index is 9.27. The van der Waals surface area contributed by atoms with Crippen LogP contribution in [-0.2, 0) is 0 Å². The van der Waals surface area contributed by atoms with Crippen molar-refractivity contribution < 1.29 is 0 Å². The van der Waals surface area contributed by atoms with Gasteiger partial charge in [0.15, 0.2) is 0 Å². The predicted octanol–water partition coefficient (Wildman–Crippen LogP) is 4.62. The summed E-state index contributed by atoms with van der Waals surface area (Å²) in [6.07, 6.45) is 0. The summed E-state index contributed by atoms with van der Waals surface area (Å²) in [5.41, 5.74) is 7.93. The minimum Gasteiger partial charge on any atom is -0.397 e. The van der Waals surface area contributed by atoms with Crippen LogP contribution in [0.25, 0.3) is 11.3 Å². The molecule has 2 rings (SSSR count). The highest BCUT2D eigenvalue weighted by Gasteiger charge is 2.12. The van der Waals surface area contributed by atoms with Gasteiger partial charge in [-0.25, -0.2) is 0 Å². The molecule has 0 saturated heterocycles. The van der Waals surface area contributed by atoms with Crippen LogP contribution in [0.3, 0.4) is 0 Å². The Hall–Kier alpha value is -1.09. The van der Waals surface area contributed by atoms with Gasteiger partial charge in [0, 0.05) is 19.4 Å². The van der Waals surface area contributed by atoms with Crippen molar-refractivity contribution in [3.8, 4) is 6.07 Å². The van der Waals surface area contributed by atoms with E-state index >= 15 is 0 Å². The maximum Gasteiger partial charge on any atom is 0.103 e. The number of allylic oxidation sites excluding steroid dienone is 1. The molecule has 1 aromatic heterocycles. The molecule has 0 atom stereocenters. The summed E-state index contributed by atoms with van der Waals surface area (Å²) in [4.78, 5) is 0.879. The van der Waals surface area contributed by atoms with E-state index in [1.54, 1.807) is 0 Å². The van der Waals surface area contributed by atoms with Crippen LogP contribution in [-0.4, -0.2) is 0 Å². The molecule has 0 bridgehead atoms. The topological polar surface area (TPSA) is 49.8 Å². The number of benzene rings is 1. The highest BCUT2D eigenvalue weighted by Crippen LogP contribution is 2.31. The Balaban J connectivity index is 2.58. The zero-order valence-electron chi connectivity index (χ0n) is 9.15. The second kappa shape index (κ2) is 5.70. The van der Waals surface area contributed by atoms with E-state index in [0.717, 1.165) is 19.4 Å². The van der Waals surface area contributed by atoms with Gasteiger partial charge in [-0.1, -0.05) is 44.0 Å². The molecule has 0 radical (unpaired) electrons. The smallest absolute Gasteiger partial charge is 0.103 e. The number of nitriles is 1. The van der Waals surface area contributed by atoms with Gasteiger partial charge < -0.3 is 5.73 Å². The van der Waals surface area contributed by atoms with Crippen molar-refractivity contribution in [1.82, 2.24) is 0 Å². The molecule has 1 heterocycles. The fraction of sp³-hybridized carbons (Fsp3) is 0. The van der Waals surface area contributed by atoms with Crippen LogP contribution in [0.5, 0.6) is 0 Å². The Morgan fingerprint density at radius 2 is 2.06 bits per heavy atom. The van der Waals surface area contributed by atoms with Crippen molar-refractivity contribution in [2.45, 2.75) is 0 Å². The molecule has 2 nitrogen and oxygen atoms in total. The number of halogens is 2. The average molecular weight is 384 g/mol. The lowest BCUT2D eigenvalue weighted by Crippen LogP contribution is -2.00. The first kappa shape index (κ1) is 13.3. The minimum absolute atomic E-state index is 0.485. The third kappa shape index (κ3) is 2.66. The fourth-order valence-electron chi connectivity index (χ4n) is 1.51. The maximum absolute atomic E-state index is 9.27. The quantitative estimate of drug-likeness (QED) is 0.769. The summed E-state index contributed by atoms with van der Waals surface area (Å²) in [6.45, 7) is 0. The molecule has 0 aliphatic heterocycles. The molecule has 0 aliphatic carbocycles. The first-order chi connectivity index (χ1) is 8.63. The number of thiophene rings is 1. The fourth-order valence-corrected chi connectivity index (χ4v) is 3.51. The molecule has 0 aliphatic rings. The van der Waals surface area contributed by atoms with E-state index in [-0.39, 0.29) is 0 Å². The summed E-state index contributed by atoms with van der Waals surface area (Å²) < 4.78 is 1.82. The van der Waals surface area contributed by atoms with E-state index in [1.165, 1.54) is 11.3 Å². The van der Waals surface area contributed by atoms with Gasteiger partial charge in [0.2, 0.25) is 0 Å². The Labute approximate surface area is 126 Å². The van der Waals surface area contributed by atoms with Gasteiger partial charge in [0.1, 0.15) is 6.07 Å². The van der Waals surface area contributed by atoms with Gasteiger partial charge in [0.25, 0.3) is 0 Å². The Kier molecular flexibility index (Phi) is 4.23. The molecule has 0 spiro atoms. The van der Waals surface area contributed by atoms with Crippen molar-refractivity contribution >= 4 is 54.5 Å². The minimum atomic E-state index is 0.485. The van der Waals surface area contributed by atoms with Crippen molar-refractivity contribution in [2.75, 3.05) is 0 Å². The molecule has 0 fully saturated rings. The van der Waals surface area contributed by atoms with Crippen molar-refractivity contribution in [1.29, 1.82) is 5.26 Å². The van der Waals surface area contributed by atoms with E-state index in [0.29, 0.717) is 11.3 Å². The normalized spacial score (nSPS) is 11.8. The van der Waals surface area contributed by atoms with Crippen LogP contribution in [0.4, 0.5) is 0 Å². The third-order valence-corrected chi connectivity index (χ3v) is 4.41. The monoisotopic (exact) mass is 382 g/mol. The summed E-state index contributed by atoms with van der Waals surface area (Å²) >= 11 is 8.35. The van der Waals surface area contributed by atoms with Gasteiger partial charge in [-0.3, -0.25) is 0 Å². The number of hydrogen-bond donors (Lipinski definition) is 1. The van der Waals surface area contributed by atoms with Gasteiger partial charge in [-0.15, -0.1) is 11.3 Å². The van der Waals surface area contributed by atoms with Crippen molar-refractivity contribution in [2.24, 2.45) is 5.73 Å². The lowest BCUT2D eigenvalue weighted by atomic mass is 10.1. The van der Waals surface area contributed by atoms with Gasteiger partial charge in [0.05, 0.1) is 11.3 Å². The van der Waals surface area contributed by atoms with E-state index < -0.39 is 0 Å². The van der Waals surface area contributed by atoms with Crippen LogP contribution < -0.4 is 5.73 Å². The van der Waals surface area contributed by atoms with Gasteiger partial charge in [-0.2, -0.15) is 5.26 Å². The van der Waals surface area contributed by atoms with Gasteiger partial charge in [-0.05, 0) is 23.6 Å². The molecular formula is C13H8Br2N2S. The van der Waals surface area contributed by atoms with Crippen molar-refractivity contribution in [3.05, 3.63) is 55.1 Å². The zero-order chi connectivity index (χ0) is 13.1. The number of rotatable bonds is 2. The molecule has 0 unspecified atom stereocenters. The molecule has 1 aromatic carbocycles. The van der Waals surface area contributed by atoms with Crippen molar-refractivity contribution in [3.63, 3.8) is 0 Å². The SMILES string of the molecule is N#C/C(=C(/N)c1ccc(Br)cc1Br)c1cccs1. The first-order valence-electron chi connectivity index (χ1n) is 5.02. The van der Waals surface area contributed by atoms with Crippen LogP contribution in [0, 0.1) is 11.3 Å². The highest BCUT2D eigenvalue weighted by atomic mass is 79.9. The number of nitrogens with zero attached hydrogens (tertiary/aromatic N) is 1. The molecule has 18 heavy (non-hydrogen) atoms. The predicted molar refractivity (Wildman–Crippen MR) is 82.8 cm³/mol. The molecule has 5 heteroatoms. The molecular weight excluding hydrogens is 376 g/mol. The highest BCUT2D eigenvalue weighted by molar-refractivity contribution is 9.11. The molecule has 0 saturated carbocycles. The summed E-state index contributed by atoms with van der Waals surface area (Å²) in [6, 6.07) is 11.7. The number of hydrogen-bond acceptors (Lipinski definition) is 3. The summed E-state index contributed by atoms with van der Waals surface area (Å²) in [7, 11) is 0. The lowest BCUT2D eigenvalue weighted by molar-refractivity contribution is 1.46. The van der Waals surface area contributed by atoms with E-state index in [4.69, 9.17) is 5.73 Å². The second-order valence-corrected chi connectivity index (χ2v) is 6.22. The third-order valence-electron chi connectivity index (χ3n) is 2.37. The molecule has 90 valence electrons. The largest absolute Gasteiger partial charge is 0.397 e. The Bertz CT molecular complexity index is 640. The molecule has 2 aromatic rings. The Morgan fingerprint density at radius 1 is 1.28 bits per heavy atom. The van der Waals surface area contributed by atoms with E-state index in [1.807, 2.05) is 35.7 Å². The zero-order valence-corrected chi connectivity index (χ0v) is 13.1. The summed E-state index contributed by atoms with van der Waals surface area (Å²) in [5.74, 6) is 0. The van der Waals surface area contributed by atoms with Crippen LogP contribution >= 0.6 is 43.2 Å². The average Bonchev–Trinajstić information content (AvgIpc) is 2.83. The first-order valence-corrected chi connectivity index (χ1v) is 7.49. The van der Waals surface area contributed by atoms with Gasteiger partial charge >= 0.3 is 0 Å². The molecule has 0 amide bonds. The lowest BCUT2D eigenvalue weighted by Gasteiger charge is -2.07. The Morgan fingerprint density at radius 3 is 2.61 bits per heavy atom. The summed E-state index contributed by atoms with van der Waals surface area (Å²) in [5, 5.41) is 11.2. The van der Waals surface area contributed by atoms with Crippen LogP contribution in [0.15, 0.2) is 44.7 Å². The standard InChI is InChI=1S/C13H8Br2N2S/c14-8-3-4-9(11(15)6-8)13(17)10(7-16)12-2-1-5-18-12/h1-6H,17H2/b13-10-. The second-order valence-electron chi connectivity index (χ2n) is 3.50. The molecule has 2 N–H and O–H groups in total. The number of nitrogens with two attached hydrogens (primary N) is 1. The van der Waals surface area contributed by atoms with E-state index in [2.05, 4.69) is 37.9 Å². The van der Waals surface area contributed by atoms with Crippen LogP contribution in [0.1, 0.15) is 10.4 Å². The van der Waals surface area contributed by atoms with Crippen LogP contribution in [0.2, 0.25) is 0 Å².